The van der Waals surface area contributed by atoms with Gasteiger partial charge in [-0.2, -0.15) is 0 Å². The molecule has 0 bridgehead atoms. The van der Waals surface area contributed by atoms with Gasteiger partial charge in [-0.15, -0.1) is 13.2 Å². The minimum Gasteiger partial charge on any atom is -0.484 e. The molecular weight excluding hydrogens is 490 g/mol. The number of benzene rings is 2. The molecule has 2 saturated heterocycles. The lowest BCUT2D eigenvalue weighted by Crippen LogP contribution is -2.57. The number of halogens is 4. The Morgan fingerprint density at radius 2 is 1.73 bits per heavy atom. The molecule has 2 heterocycles. The number of methoxy groups -OCH3 is 1. The second kappa shape index (κ2) is 10.8. The van der Waals surface area contributed by atoms with Gasteiger partial charge in [0.1, 0.15) is 11.6 Å². The van der Waals surface area contributed by atoms with E-state index < -0.39 is 12.2 Å². The zero-order valence-electron chi connectivity index (χ0n) is 20.7. The highest BCUT2D eigenvalue weighted by molar-refractivity contribution is 5.86. The van der Waals surface area contributed by atoms with E-state index in [1.165, 1.54) is 31.4 Å². The van der Waals surface area contributed by atoms with Gasteiger partial charge in [0, 0.05) is 37.7 Å². The lowest BCUT2D eigenvalue weighted by molar-refractivity contribution is -0.274. The standard InChI is InChI=1S/C27H29F4N3O3/c1-17-13-33(14-17)26(35)34-15-21(19-7-9-24(10-8-19)37-27(29,30)31)11-22(16-34)25(36-3)32-18(2)20-5-4-6-23(28)12-20/h4-10,12,17,21-22H,2,11,13-16H2,1,3H3. The van der Waals surface area contributed by atoms with E-state index in [1.807, 2.05) is 0 Å². The Labute approximate surface area is 213 Å². The molecule has 4 rings (SSSR count). The van der Waals surface area contributed by atoms with Crippen LogP contribution in [0.1, 0.15) is 30.4 Å². The zero-order valence-corrected chi connectivity index (χ0v) is 20.7. The summed E-state index contributed by atoms with van der Waals surface area (Å²) in [5, 5.41) is 0. The van der Waals surface area contributed by atoms with Crippen molar-refractivity contribution in [2.75, 3.05) is 33.3 Å². The van der Waals surface area contributed by atoms with Gasteiger partial charge in [-0.25, -0.2) is 14.2 Å². The van der Waals surface area contributed by atoms with Gasteiger partial charge in [0.25, 0.3) is 0 Å². The van der Waals surface area contributed by atoms with Crippen LogP contribution in [0.5, 0.6) is 5.75 Å². The van der Waals surface area contributed by atoms with E-state index in [0.717, 1.165) is 5.56 Å². The molecule has 2 atom stereocenters. The van der Waals surface area contributed by atoms with Gasteiger partial charge in [-0.3, -0.25) is 0 Å². The highest BCUT2D eigenvalue weighted by Gasteiger charge is 2.38. The predicted octanol–water partition coefficient (Wildman–Crippen LogP) is 5.92. The van der Waals surface area contributed by atoms with Crippen LogP contribution in [0, 0.1) is 17.7 Å². The Hall–Kier alpha value is -3.56. The lowest BCUT2D eigenvalue weighted by atomic mass is 9.84. The van der Waals surface area contributed by atoms with Crippen molar-refractivity contribution in [3.8, 4) is 5.75 Å². The molecule has 2 aromatic rings. The fourth-order valence-corrected chi connectivity index (χ4v) is 4.84. The number of piperidine rings is 1. The zero-order chi connectivity index (χ0) is 26.7. The van der Waals surface area contributed by atoms with E-state index in [4.69, 9.17) is 4.74 Å². The van der Waals surface area contributed by atoms with Crippen molar-refractivity contribution in [3.63, 3.8) is 0 Å². The number of carbonyl (C=O) groups is 1. The predicted molar refractivity (Wildman–Crippen MR) is 132 cm³/mol. The normalized spacial score (nSPS) is 20.9. The maximum atomic E-state index is 13.7. The summed E-state index contributed by atoms with van der Waals surface area (Å²) >= 11 is 0. The van der Waals surface area contributed by atoms with E-state index in [1.54, 1.807) is 34.1 Å². The smallest absolute Gasteiger partial charge is 0.484 e. The van der Waals surface area contributed by atoms with Crippen LogP contribution in [0.4, 0.5) is 22.4 Å². The molecule has 0 saturated carbocycles. The summed E-state index contributed by atoms with van der Waals surface area (Å²) < 4.78 is 61.1. The van der Waals surface area contributed by atoms with E-state index >= 15 is 0 Å². The van der Waals surface area contributed by atoms with Crippen molar-refractivity contribution in [3.05, 3.63) is 72.1 Å². The third kappa shape index (κ3) is 6.61. The van der Waals surface area contributed by atoms with Crippen molar-refractivity contribution >= 4 is 17.6 Å². The number of amides is 2. The minimum atomic E-state index is -4.77. The first-order valence-electron chi connectivity index (χ1n) is 12.0. The van der Waals surface area contributed by atoms with E-state index in [0.29, 0.717) is 55.7 Å². The highest BCUT2D eigenvalue weighted by atomic mass is 19.4. The fourth-order valence-electron chi connectivity index (χ4n) is 4.84. The van der Waals surface area contributed by atoms with Crippen LogP contribution in [0.3, 0.4) is 0 Å². The maximum Gasteiger partial charge on any atom is 0.573 e. The fraction of sp³-hybridized carbons (Fsp3) is 0.407. The van der Waals surface area contributed by atoms with Gasteiger partial charge in [0.15, 0.2) is 5.90 Å². The van der Waals surface area contributed by atoms with E-state index in [-0.39, 0.29) is 23.6 Å². The molecule has 0 N–H and O–H groups in total. The third-order valence-corrected chi connectivity index (χ3v) is 6.60. The molecule has 37 heavy (non-hydrogen) atoms. The van der Waals surface area contributed by atoms with Crippen molar-refractivity contribution < 1.29 is 31.8 Å². The molecule has 0 aliphatic carbocycles. The summed E-state index contributed by atoms with van der Waals surface area (Å²) in [5.74, 6) is -0.411. The molecule has 2 aliphatic rings. The van der Waals surface area contributed by atoms with Crippen LogP contribution in [0.2, 0.25) is 0 Å². The van der Waals surface area contributed by atoms with Gasteiger partial charge < -0.3 is 19.3 Å². The number of aliphatic imine (C=N–C) groups is 1. The molecule has 0 spiro atoms. The average molecular weight is 520 g/mol. The Bertz CT molecular complexity index is 1160. The third-order valence-electron chi connectivity index (χ3n) is 6.60. The number of alkyl halides is 3. The van der Waals surface area contributed by atoms with Crippen LogP contribution in [0.25, 0.3) is 5.70 Å². The van der Waals surface area contributed by atoms with Gasteiger partial charge in [0.05, 0.1) is 18.7 Å². The summed E-state index contributed by atoms with van der Waals surface area (Å²) in [6, 6.07) is 11.5. The van der Waals surface area contributed by atoms with Gasteiger partial charge in [-0.1, -0.05) is 37.8 Å². The first kappa shape index (κ1) is 26.5. The van der Waals surface area contributed by atoms with E-state index in [9.17, 15) is 22.4 Å². The molecule has 0 radical (unpaired) electrons. The summed E-state index contributed by atoms with van der Waals surface area (Å²) in [6.45, 7) is 8.14. The van der Waals surface area contributed by atoms with Crippen molar-refractivity contribution in [1.82, 2.24) is 9.80 Å². The van der Waals surface area contributed by atoms with Crippen LogP contribution < -0.4 is 4.74 Å². The maximum absolute atomic E-state index is 13.7. The number of rotatable bonds is 5. The van der Waals surface area contributed by atoms with Gasteiger partial charge >= 0.3 is 12.4 Å². The van der Waals surface area contributed by atoms with E-state index in [2.05, 4.69) is 23.2 Å². The molecular formula is C27H29F4N3O3. The summed E-state index contributed by atoms with van der Waals surface area (Å²) in [5.41, 5.74) is 1.60. The number of hydrogen-bond donors (Lipinski definition) is 0. The van der Waals surface area contributed by atoms with Crippen molar-refractivity contribution in [2.24, 2.45) is 16.8 Å². The molecule has 2 aromatic carbocycles. The molecule has 198 valence electrons. The monoisotopic (exact) mass is 519 g/mol. The van der Waals surface area contributed by atoms with Gasteiger partial charge in [0.2, 0.25) is 0 Å². The number of nitrogens with zero attached hydrogens (tertiary/aromatic N) is 3. The van der Waals surface area contributed by atoms with Crippen molar-refractivity contribution in [2.45, 2.75) is 25.6 Å². The second-order valence-corrected chi connectivity index (χ2v) is 9.56. The van der Waals surface area contributed by atoms with Crippen LogP contribution in [-0.4, -0.2) is 61.4 Å². The average Bonchev–Trinajstić information content (AvgIpc) is 2.84. The molecule has 6 nitrogen and oxygen atoms in total. The highest BCUT2D eigenvalue weighted by Crippen LogP contribution is 2.34. The Morgan fingerprint density at radius 3 is 2.32 bits per heavy atom. The number of likely N-dealkylation sites (tertiary alicyclic amines) is 2. The molecule has 2 unspecified atom stereocenters. The lowest BCUT2D eigenvalue weighted by Gasteiger charge is -2.44. The molecule has 2 fully saturated rings. The number of hydrogen-bond acceptors (Lipinski definition) is 4. The topological polar surface area (TPSA) is 54.4 Å². The molecule has 0 aromatic heterocycles. The largest absolute Gasteiger partial charge is 0.573 e. The van der Waals surface area contributed by atoms with Crippen molar-refractivity contribution in [1.29, 1.82) is 0 Å². The van der Waals surface area contributed by atoms with Crippen LogP contribution in [0.15, 0.2) is 60.1 Å². The summed E-state index contributed by atoms with van der Waals surface area (Å²) in [7, 11) is 1.48. The van der Waals surface area contributed by atoms with Crippen LogP contribution in [-0.2, 0) is 4.74 Å². The first-order valence-corrected chi connectivity index (χ1v) is 12.0. The minimum absolute atomic E-state index is 0.0933. The van der Waals surface area contributed by atoms with Crippen LogP contribution >= 0.6 is 0 Å². The second-order valence-electron chi connectivity index (χ2n) is 9.56. The Balaban J connectivity index is 1.59. The quantitative estimate of drug-likeness (QED) is 0.280. The number of ether oxygens (including phenoxy) is 2. The molecule has 2 amide bonds. The Morgan fingerprint density at radius 1 is 1.05 bits per heavy atom. The van der Waals surface area contributed by atoms with Gasteiger partial charge in [-0.05, 0) is 42.2 Å². The first-order chi connectivity index (χ1) is 17.5. The molecule has 2 aliphatic heterocycles. The molecule has 10 heteroatoms. The number of urea groups is 1. The Kier molecular flexibility index (Phi) is 7.75. The summed E-state index contributed by atoms with van der Waals surface area (Å²) in [4.78, 5) is 21.3. The SMILES string of the molecule is C=C(N=C(OC)C1CC(c2ccc(OC(F)(F)F)cc2)CN(C(=O)N2CC(C)C2)C1)c1cccc(F)c1. The summed E-state index contributed by atoms with van der Waals surface area (Å²) in [6.07, 6.45) is -4.23. The number of carbonyl (C=O) groups excluding carboxylic acids is 1.